The molecule has 5 rings (SSSR count). The largest absolute Gasteiger partial charge is 0.461 e. The molecule has 0 saturated carbocycles. The molecule has 0 amide bonds. The smallest absolute Gasteiger partial charge is 0.202 e. The van der Waals surface area contributed by atoms with Crippen molar-refractivity contribution < 1.29 is 8.94 Å². The van der Waals surface area contributed by atoms with Crippen molar-refractivity contribution in [1.82, 2.24) is 15.0 Å². The molecule has 0 bridgehead atoms. The predicted molar refractivity (Wildman–Crippen MR) is 101 cm³/mol. The summed E-state index contributed by atoms with van der Waals surface area (Å²) in [5.74, 6) is 1.90. The number of rotatable bonds is 4. The maximum absolute atomic E-state index is 5.42. The van der Waals surface area contributed by atoms with E-state index in [2.05, 4.69) is 34.3 Å². The first-order chi connectivity index (χ1) is 12.8. The first kappa shape index (κ1) is 15.8. The van der Waals surface area contributed by atoms with Crippen LogP contribution in [-0.4, -0.2) is 28.1 Å². The first-order valence-corrected chi connectivity index (χ1v) is 9.74. The highest BCUT2D eigenvalue weighted by molar-refractivity contribution is 7.18. The van der Waals surface area contributed by atoms with Gasteiger partial charge in [-0.15, -0.1) is 11.3 Å². The second kappa shape index (κ2) is 6.70. The van der Waals surface area contributed by atoms with E-state index in [-0.39, 0.29) is 0 Å². The molecule has 132 valence electrons. The van der Waals surface area contributed by atoms with Gasteiger partial charge in [-0.1, -0.05) is 17.3 Å². The van der Waals surface area contributed by atoms with Gasteiger partial charge in [-0.05, 0) is 43.7 Å². The molecule has 0 aliphatic carbocycles. The van der Waals surface area contributed by atoms with Crippen molar-refractivity contribution in [2.24, 2.45) is 0 Å². The quantitative estimate of drug-likeness (QED) is 0.513. The van der Waals surface area contributed by atoms with Gasteiger partial charge < -0.3 is 8.94 Å². The summed E-state index contributed by atoms with van der Waals surface area (Å²) in [5, 5.41) is 5.47. The summed E-state index contributed by atoms with van der Waals surface area (Å²) in [6.45, 7) is 2.90. The molecular weight excluding hydrogens is 346 g/mol. The SMILES string of the molecule is c1coc(-c2cc(CN3CCCC(c4nc5ccccc5s4)C3)no2)c1. The number of thiazole rings is 1. The summed E-state index contributed by atoms with van der Waals surface area (Å²) in [5.41, 5.74) is 2.06. The Hall–Kier alpha value is -2.44. The Labute approximate surface area is 155 Å². The molecule has 0 spiro atoms. The number of hydrogen-bond acceptors (Lipinski definition) is 6. The molecule has 1 aliphatic heterocycles. The number of nitrogens with zero attached hydrogens (tertiary/aromatic N) is 3. The monoisotopic (exact) mass is 365 g/mol. The molecule has 26 heavy (non-hydrogen) atoms. The molecule has 4 heterocycles. The van der Waals surface area contributed by atoms with E-state index in [1.54, 1.807) is 6.26 Å². The van der Waals surface area contributed by atoms with Crippen molar-refractivity contribution in [2.75, 3.05) is 13.1 Å². The van der Waals surface area contributed by atoms with Crippen LogP contribution in [0.3, 0.4) is 0 Å². The standard InChI is InChI=1S/C20H19N3O2S/c1-2-8-19-16(6-1)21-20(26-19)14-5-3-9-23(12-14)13-15-11-18(25-22-15)17-7-4-10-24-17/h1-2,4,6-8,10-11,14H,3,5,9,12-13H2. The number of fused-ring (bicyclic) bond motifs is 1. The van der Waals surface area contributed by atoms with Crippen molar-refractivity contribution in [3.05, 3.63) is 59.4 Å². The number of furan rings is 1. The minimum Gasteiger partial charge on any atom is -0.461 e. The third-order valence-electron chi connectivity index (χ3n) is 4.87. The molecule has 0 N–H and O–H groups in total. The lowest BCUT2D eigenvalue weighted by Gasteiger charge is -2.31. The van der Waals surface area contributed by atoms with Crippen LogP contribution in [0.1, 0.15) is 29.5 Å². The van der Waals surface area contributed by atoms with Crippen molar-refractivity contribution >= 4 is 21.6 Å². The molecule has 1 fully saturated rings. The zero-order chi connectivity index (χ0) is 17.3. The van der Waals surface area contributed by atoms with Crippen LogP contribution in [-0.2, 0) is 6.54 Å². The highest BCUT2D eigenvalue weighted by Gasteiger charge is 2.25. The maximum Gasteiger partial charge on any atom is 0.202 e. The topological polar surface area (TPSA) is 55.3 Å². The average molecular weight is 365 g/mol. The van der Waals surface area contributed by atoms with Gasteiger partial charge in [0, 0.05) is 25.1 Å². The molecule has 1 aliphatic rings. The fourth-order valence-corrected chi connectivity index (χ4v) is 4.71. The van der Waals surface area contributed by atoms with E-state index in [1.807, 2.05) is 29.5 Å². The lowest BCUT2D eigenvalue weighted by Crippen LogP contribution is -2.33. The summed E-state index contributed by atoms with van der Waals surface area (Å²) in [6.07, 6.45) is 4.03. The highest BCUT2D eigenvalue weighted by atomic mass is 32.1. The Kier molecular flexibility index (Phi) is 4.07. The molecule has 4 aromatic rings. The molecule has 1 saturated heterocycles. The minimum absolute atomic E-state index is 0.498. The van der Waals surface area contributed by atoms with Crippen LogP contribution in [0.25, 0.3) is 21.7 Å². The summed E-state index contributed by atoms with van der Waals surface area (Å²) >= 11 is 1.83. The van der Waals surface area contributed by atoms with Crippen LogP contribution in [0.5, 0.6) is 0 Å². The fraction of sp³-hybridized carbons (Fsp3) is 0.300. The van der Waals surface area contributed by atoms with E-state index in [0.717, 1.165) is 36.6 Å². The van der Waals surface area contributed by atoms with Gasteiger partial charge in [0.2, 0.25) is 5.76 Å². The molecule has 0 radical (unpaired) electrons. The number of hydrogen-bond donors (Lipinski definition) is 0. The van der Waals surface area contributed by atoms with Gasteiger partial charge in [0.25, 0.3) is 0 Å². The normalized spacial score (nSPS) is 18.5. The molecule has 3 aromatic heterocycles. The van der Waals surface area contributed by atoms with Crippen LogP contribution in [0.2, 0.25) is 0 Å². The summed E-state index contributed by atoms with van der Waals surface area (Å²) in [7, 11) is 0. The zero-order valence-electron chi connectivity index (χ0n) is 14.3. The van der Waals surface area contributed by atoms with E-state index in [9.17, 15) is 0 Å². The first-order valence-electron chi connectivity index (χ1n) is 8.92. The molecule has 1 atom stereocenters. The fourth-order valence-electron chi connectivity index (χ4n) is 3.62. The predicted octanol–water partition coefficient (Wildman–Crippen LogP) is 4.92. The summed E-state index contributed by atoms with van der Waals surface area (Å²) < 4.78 is 12.1. The highest BCUT2D eigenvalue weighted by Crippen LogP contribution is 2.33. The number of para-hydroxylation sites is 1. The summed E-state index contributed by atoms with van der Waals surface area (Å²) in [4.78, 5) is 7.31. The molecule has 5 nitrogen and oxygen atoms in total. The van der Waals surface area contributed by atoms with E-state index >= 15 is 0 Å². The van der Waals surface area contributed by atoms with E-state index < -0.39 is 0 Å². The second-order valence-corrected chi connectivity index (χ2v) is 7.82. The van der Waals surface area contributed by atoms with Gasteiger partial charge in [0.1, 0.15) is 0 Å². The Bertz CT molecular complexity index is 972. The van der Waals surface area contributed by atoms with Crippen molar-refractivity contribution in [2.45, 2.75) is 25.3 Å². The number of likely N-dealkylation sites (tertiary alicyclic amines) is 1. The van der Waals surface area contributed by atoms with Crippen LogP contribution >= 0.6 is 11.3 Å². The Balaban J connectivity index is 1.30. The molecule has 1 aromatic carbocycles. The number of benzene rings is 1. The molecule has 6 heteroatoms. The lowest BCUT2D eigenvalue weighted by atomic mass is 9.98. The van der Waals surface area contributed by atoms with Gasteiger partial charge >= 0.3 is 0 Å². The van der Waals surface area contributed by atoms with Gasteiger partial charge in [0.15, 0.2) is 5.76 Å². The number of aromatic nitrogens is 2. The van der Waals surface area contributed by atoms with Crippen molar-refractivity contribution in [3.63, 3.8) is 0 Å². The zero-order valence-corrected chi connectivity index (χ0v) is 15.1. The second-order valence-electron chi connectivity index (χ2n) is 6.75. The number of piperidine rings is 1. The maximum atomic E-state index is 5.42. The minimum atomic E-state index is 0.498. The Morgan fingerprint density at radius 2 is 2.12 bits per heavy atom. The van der Waals surface area contributed by atoms with E-state index in [4.69, 9.17) is 13.9 Å². The van der Waals surface area contributed by atoms with Crippen LogP contribution in [0, 0.1) is 0 Å². The Morgan fingerprint density at radius 1 is 1.15 bits per heavy atom. The average Bonchev–Trinajstić information content (AvgIpc) is 3.41. The third-order valence-corrected chi connectivity index (χ3v) is 6.07. The molecule has 1 unspecified atom stereocenters. The van der Waals surface area contributed by atoms with Crippen molar-refractivity contribution in [3.8, 4) is 11.5 Å². The third kappa shape index (κ3) is 3.06. The van der Waals surface area contributed by atoms with Crippen LogP contribution in [0.15, 0.2) is 57.7 Å². The van der Waals surface area contributed by atoms with Crippen LogP contribution < -0.4 is 0 Å². The van der Waals surface area contributed by atoms with Gasteiger partial charge in [-0.2, -0.15) is 0 Å². The lowest BCUT2D eigenvalue weighted by molar-refractivity contribution is 0.195. The van der Waals surface area contributed by atoms with E-state index in [0.29, 0.717) is 11.7 Å². The summed E-state index contributed by atoms with van der Waals surface area (Å²) in [6, 6.07) is 14.1. The molecular formula is C20H19N3O2S. The van der Waals surface area contributed by atoms with Crippen molar-refractivity contribution in [1.29, 1.82) is 0 Å². The van der Waals surface area contributed by atoms with E-state index in [1.165, 1.54) is 22.5 Å². The van der Waals surface area contributed by atoms with Gasteiger partial charge in [0.05, 0.1) is 27.2 Å². The van der Waals surface area contributed by atoms with Gasteiger partial charge in [-0.3, -0.25) is 4.90 Å². The Morgan fingerprint density at radius 3 is 3.00 bits per heavy atom. The van der Waals surface area contributed by atoms with Gasteiger partial charge in [-0.25, -0.2) is 4.98 Å². The van der Waals surface area contributed by atoms with Crippen LogP contribution in [0.4, 0.5) is 0 Å².